The van der Waals surface area contributed by atoms with Crippen LogP contribution in [0.4, 0.5) is 4.79 Å². The number of β-amino-alcohol motifs (C(OH)–C–C–N with tert-alkyl or cyclic N) is 1. The summed E-state index contributed by atoms with van der Waals surface area (Å²) in [5.41, 5.74) is 0.511. The van der Waals surface area contributed by atoms with Crippen LogP contribution in [0.25, 0.3) is 0 Å². The van der Waals surface area contributed by atoms with Gasteiger partial charge in [-0.25, -0.2) is 13.2 Å². The zero-order valence-corrected chi connectivity index (χ0v) is 27.7. The first kappa shape index (κ1) is 34.6. The molecule has 0 unspecified atom stereocenters. The van der Waals surface area contributed by atoms with Crippen molar-refractivity contribution in [3.63, 3.8) is 0 Å². The minimum Gasteiger partial charge on any atom is -0.445 e. The number of ether oxygens (including phenoxy) is 2. The molecule has 3 aliphatic rings. The number of hydrogen-bond donors (Lipinski definition) is 3. The van der Waals surface area contributed by atoms with Gasteiger partial charge in [-0.2, -0.15) is 0 Å². The lowest BCUT2D eigenvalue weighted by Crippen LogP contribution is -2.64. The van der Waals surface area contributed by atoms with Crippen molar-refractivity contribution in [3.8, 4) is 0 Å². The largest absolute Gasteiger partial charge is 0.445 e. The molecule has 1 aromatic rings. The van der Waals surface area contributed by atoms with E-state index in [1.165, 1.54) is 0 Å². The zero-order chi connectivity index (χ0) is 32.1. The lowest BCUT2D eigenvalue weighted by atomic mass is 9.98. The Labute approximate surface area is 262 Å². The van der Waals surface area contributed by atoms with Gasteiger partial charge in [-0.3, -0.25) is 14.6 Å². The van der Waals surface area contributed by atoms with E-state index in [4.69, 9.17) is 9.47 Å². The molecule has 11 nitrogen and oxygen atoms in total. The molecule has 3 fully saturated rings. The van der Waals surface area contributed by atoms with Crippen LogP contribution >= 0.6 is 0 Å². The molecule has 44 heavy (non-hydrogen) atoms. The van der Waals surface area contributed by atoms with Gasteiger partial charge in [-0.05, 0) is 57.9 Å². The molecule has 3 N–H and O–H groups in total. The van der Waals surface area contributed by atoms with Gasteiger partial charge in [0.1, 0.15) is 17.4 Å². The monoisotopic (exact) mass is 636 g/mol. The molecule has 3 heterocycles. The molecular weight excluding hydrogens is 584 g/mol. The Balaban J connectivity index is 1.49. The van der Waals surface area contributed by atoms with Crippen molar-refractivity contribution in [1.29, 1.82) is 0 Å². The van der Waals surface area contributed by atoms with Crippen molar-refractivity contribution in [2.75, 3.05) is 45.1 Å². The van der Waals surface area contributed by atoms with Gasteiger partial charge in [0, 0.05) is 51.0 Å². The lowest BCUT2D eigenvalue weighted by Gasteiger charge is -2.46. The smallest absolute Gasteiger partial charge is 0.407 e. The predicted molar refractivity (Wildman–Crippen MR) is 169 cm³/mol. The van der Waals surface area contributed by atoms with Crippen molar-refractivity contribution in [2.24, 2.45) is 5.92 Å². The summed E-state index contributed by atoms with van der Waals surface area (Å²) in [6, 6.07) is 8.72. The Morgan fingerprint density at radius 2 is 1.77 bits per heavy atom. The molecular formula is C32H52N4O7S. The van der Waals surface area contributed by atoms with Gasteiger partial charge in [-0.15, -0.1) is 0 Å². The van der Waals surface area contributed by atoms with E-state index in [2.05, 4.69) is 15.5 Å². The van der Waals surface area contributed by atoms with Gasteiger partial charge >= 0.3 is 6.09 Å². The van der Waals surface area contributed by atoms with Gasteiger partial charge in [0.25, 0.3) is 0 Å². The van der Waals surface area contributed by atoms with Crippen LogP contribution in [0.15, 0.2) is 30.3 Å². The number of alkyl carbamates (subject to hydrolysis) is 1. The maximum Gasteiger partial charge on any atom is 0.407 e. The van der Waals surface area contributed by atoms with Gasteiger partial charge in [-0.1, -0.05) is 44.2 Å². The zero-order valence-electron chi connectivity index (χ0n) is 26.9. The van der Waals surface area contributed by atoms with E-state index in [1.54, 1.807) is 0 Å². The van der Waals surface area contributed by atoms with Gasteiger partial charge in [0.2, 0.25) is 5.91 Å². The molecule has 0 radical (unpaired) electrons. The highest BCUT2D eigenvalue weighted by Gasteiger charge is 2.45. The number of amides is 2. The molecule has 0 spiro atoms. The summed E-state index contributed by atoms with van der Waals surface area (Å²) in [4.78, 5) is 31.2. The number of aliphatic hydroxyl groups is 1. The molecule has 1 aromatic carbocycles. The average molecular weight is 637 g/mol. The number of piperazine rings is 1. The quantitative estimate of drug-likeness (QED) is 0.352. The predicted octanol–water partition coefficient (Wildman–Crippen LogP) is 1.98. The van der Waals surface area contributed by atoms with Crippen LogP contribution in [0, 0.1) is 5.92 Å². The second-order valence-electron chi connectivity index (χ2n) is 13.9. The second-order valence-corrected chi connectivity index (χ2v) is 16.2. The van der Waals surface area contributed by atoms with Crippen molar-refractivity contribution >= 4 is 21.8 Å². The van der Waals surface area contributed by atoms with E-state index in [-0.39, 0.29) is 30.5 Å². The standard InChI is InChI=1S/C32H52N4O7S/c1-22(2)29-28(13-18-44(29,40)41)43-31(39)33-25(19-23-9-7-6-8-10-23)27(37)21-36-15-14-35(24-11-16-42-17-12-24)20-26(36)30(38)34-32(3,4)5/h6-10,22,24-29,37H,11-21H2,1-5H3,(H,33,39)(H,34,38)/t25-,26-,27+,28+,29+/m0/s1. The van der Waals surface area contributed by atoms with Gasteiger partial charge in [0.05, 0.1) is 17.9 Å². The molecule has 2 amide bonds. The summed E-state index contributed by atoms with van der Waals surface area (Å²) in [7, 11) is -3.34. The summed E-state index contributed by atoms with van der Waals surface area (Å²) in [5.74, 6) is -0.292. The first-order valence-electron chi connectivity index (χ1n) is 16.0. The minimum absolute atomic E-state index is 0.0122. The van der Waals surface area contributed by atoms with E-state index < -0.39 is 51.0 Å². The summed E-state index contributed by atoms with van der Waals surface area (Å²) in [5, 5.41) is 16.9. The van der Waals surface area contributed by atoms with Crippen LogP contribution in [0.2, 0.25) is 0 Å². The number of carbonyl (C=O) groups is 2. The molecule has 5 atom stereocenters. The first-order chi connectivity index (χ1) is 20.7. The SMILES string of the molecule is CC(C)[C@@H]1[C@H](OC(=O)N[C@@H](Cc2ccccc2)[C@H](O)CN2CCN(C3CCOCC3)C[C@H]2C(=O)NC(C)(C)C)CCS1(=O)=O. The highest BCUT2D eigenvalue weighted by Crippen LogP contribution is 2.29. The van der Waals surface area contributed by atoms with Crippen LogP contribution in [0.5, 0.6) is 0 Å². The maximum atomic E-state index is 13.6. The number of sulfone groups is 1. The molecule has 0 aliphatic carbocycles. The molecule has 3 aliphatic heterocycles. The normalized spacial score (nSPS) is 26.7. The van der Waals surface area contributed by atoms with Crippen LogP contribution in [0.3, 0.4) is 0 Å². The van der Waals surface area contributed by atoms with E-state index in [0.717, 1.165) is 38.2 Å². The number of nitrogens with one attached hydrogen (secondary N) is 2. The van der Waals surface area contributed by atoms with Crippen molar-refractivity contribution in [1.82, 2.24) is 20.4 Å². The fourth-order valence-electron chi connectivity index (χ4n) is 6.77. The first-order valence-corrected chi connectivity index (χ1v) is 17.7. The Morgan fingerprint density at radius 1 is 1.09 bits per heavy atom. The number of carbonyl (C=O) groups excluding carboxylic acids is 2. The van der Waals surface area contributed by atoms with E-state index in [9.17, 15) is 23.1 Å². The summed E-state index contributed by atoms with van der Waals surface area (Å²) < 4.78 is 36.4. The van der Waals surface area contributed by atoms with Crippen molar-refractivity contribution < 1.29 is 32.6 Å². The molecule has 0 saturated carbocycles. The second kappa shape index (κ2) is 14.9. The summed E-state index contributed by atoms with van der Waals surface area (Å²) >= 11 is 0. The number of benzene rings is 1. The number of hydrogen-bond acceptors (Lipinski definition) is 9. The van der Waals surface area contributed by atoms with Crippen molar-refractivity contribution in [2.45, 2.75) is 101 Å². The minimum atomic E-state index is -3.34. The third-order valence-corrected chi connectivity index (χ3v) is 11.4. The van der Waals surface area contributed by atoms with Crippen LogP contribution in [-0.2, 0) is 30.5 Å². The Bertz CT molecular complexity index is 1200. The topological polar surface area (TPSA) is 138 Å². The lowest BCUT2D eigenvalue weighted by molar-refractivity contribution is -0.132. The van der Waals surface area contributed by atoms with Crippen molar-refractivity contribution in [3.05, 3.63) is 35.9 Å². The van der Waals surface area contributed by atoms with Crippen LogP contribution < -0.4 is 10.6 Å². The summed E-state index contributed by atoms with van der Waals surface area (Å²) in [6.45, 7) is 13.0. The summed E-state index contributed by atoms with van der Waals surface area (Å²) in [6.07, 6.45) is -0.0399. The van der Waals surface area contributed by atoms with E-state index in [0.29, 0.717) is 25.6 Å². The van der Waals surface area contributed by atoms with Crippen LogP contribution in [-0.4, -0.2) is 122 Å². The van der Waals surface area contributed by atoms with Gasteiger partial charge in [0.15, 0.2) is 9.84 Å². The fourth-order valence-corrected chi connectivity index (χ4v) is 9.08. The third kappa shape index (κ3) is 9.38. The van der Waals surface area contributed by atoms with E-state index >= 15 is 0 Å². The molecule has 0 bridgehead atoms. The van der Waals surface area contributed by atoms with Crippen LogP contribution in [0.1, 0.15) is 59.4 Å². The molecule has 12 heteroatoms. The number of aliphatic hydroxyl groups excluding tert-OH is 1. The highest BCUT2D eigenvalue weighted by atomic mass is 32.2. The molecule has 3 saturated heterocycles. The number of nitrogens with zero attached hydrogens (tertiary/aromatic N) is 2. The third-order valence-electron chi connectivity index (χ3n) is 8.90. The molecule has 248 valence electrons. The fraction of sp³-hybridized carbons (Fsp3) is 0.750. The molecule has 0 aromatic heterocycles. The number of rotatable bonds is 10. The Kier molecular flexibility index (Phi) is 11.7. The average Bonchev–Trinajstić information content (AvgIpc) is 3.26. The van der Waals surface area contributed by atoms with Gasteiger partial charge < -0.3 is 25.2 Å². The maximum absolute atomic E-state index is 13.6. The highest BCUT2D eigenvalue weighted by molar-refractivity contribution is 7.92. The Hall–Kier alpha value is -2.25. The van der Waals surface area contributed by atoms with E-state index in [1.807, 2.05) is 69.9 Å². The Morgan fingerprint density at radius 3 is 2.41 bits per heavy atom. The molecule has 4 rings (SSSR count).